The Morgan fingerprint density at radius 3 is 2.45 bits per heavy atom. The molecule has 0 aliphatic heterocycles. The fourth-order valence-electron chi connectivity index (χ4n) is 2.05. The van der Waals surface area contributed by atoms with Crippen LogP contribution in [0.15, 0.2) is 53.4 Å². The van der Waals surface area contributed by atoms with E-state index < -0.39 is 0 Å². The summed E-state index contributed by atoms with van der Waals surface area (Å²) < 4.78 is 5.43. The lowest BCUT2D eigenvalue weighted by Gasteiger charge is -2.14. The fourth-order valence-corrected chi connectivity index (χ4v) is 2.97. The second-order valence-electron chi connectivity index (χ2n) is 4.99. The van der Waals surface area contributed by atoms with Gasteiger partial charge in [-0.1, -0.05) is 30.3 Å². The van der Waals surface area contributed by atoms with Gasteiger partial charge in [0.2, 0.25) is 0 Å². The van der Waals surface area contributed by atoms with E-state index in [4.69, 9.17) is 4.74 Å². The van der Waals surface area contributed by atoms with Crippen molar-refractivity contribution < 1.29 is 4.74 Å². The zero-order valence-electron chi connectivity index (χ0n) is 12.3. The van der Waals surface area contributed by atoms with Gasteiger partial charge in [0.05, 0.1) is 7.11 Å². The van der Waals surface area contributed by atoms with Gasteiger partial charge in [-0.3, -0.25) is 0 Å². The van der Waals surface area contributed by atoms with Crippen LogP contribution in [0.25, 0.3) is 0 Å². The van der Waals surface area contributed by atoms with Crippen LogP contribution in [0.5, 0.6) is 5.75 Å². The molecule has 2 nitrogen and oxygen atoms in total. The molecular weight excluding hydrogens is 266 g/mol. The highest BCUT2D eigenvalue weighted by Gasteiger charge is 2.06. The molecule has 0 aliphatic rings. The molecule has 0 fully saturated rings. The number of benzene rings is 2. The van der Waals surface area contributed by atoms with Crippen LogP contribution < -0.4 is 4.74 Å². The second-order valence-corrected chi connectivity index (χ2v) is 6.03. The van der Waals surface area contributed by atoms with Gasteiger partial charge in [-0.2, -0.15) is 0 Å². The highest BCUT2D eigenvalue weighted by Crippen LogP contribution is 2.28. The van der Waals surface area contributed by atoms with Crippen molar-refractivity contribution in [3.05, 3.63) is 59.7 Å². The molecule has 0 heterocycles. The van der Waals surface area contributed by atoms with Gasteiger partial charge in [0.1, 0.15) is 5.75 Å². The molecule has 106 valence electrons. The minimum absolute atomic E-state index is 0.892. The number of thioether (sulfide) groups is 1. The van der Waals surface area contributed by atoms with Crippen molar-refractivity contribution in [1.29, 1.82) is 0 Å². The third kappa shape index (κ3) is 4.29. The second kappa shape index (κ2) is 7.36. The van der Waals surface area contributed by atoms with Gasteiger partial charge in [0.15, 0.2) is 0 Å². The number of hydrogen-bond donors (Lipinski definition) is 0. The highest BCUT2D eigenvalue weighted by molar-refractivity contribution is 7.98. The van der Waals surface area contributed by atoms with Crippen molar-refractivity contribution in [2.24, 2.45) is 0 Å². The van der Waals surface area contributed by atoms with Gasteiger partial charge in [0.25, 0.3) is 0 Å². The zero-order valence-corrected chi connectivity index (χ0v) is 13.1. The molecule has 2 aromatic rings. The number of hydrogen-bond acceptors (Lipinski definition) is 3. The van der Waals surface area contributed by atoms with E-state index in [0.29, 0.717) is 0 Å². The van der Waals surface area contributed by atoms with Crippen LogP contribution in [0.2, 0.25) is 0 Å². The summed E-state index contributed by atoms with van der Waals surface area (Å²) in [5.74, 6) is 1.96. The van der Waals surface area contributed by atoms with Crippen molar-refractivity contribution in [2.75, 3.05) is 21.2 Å². The summed E-state index contributed by atoms with van der Waals surface area (Å²) in [6.07, 6.45) is 0. The van der Waals surface area contributed by atoms with E-state index in [0.717, 1.165) is 18.0 Å². The van der Waals surface area contributed by atoms with E-state index in [2.05, 4.69) is 67.5 Å². The quantitative estimate of drug-likeness (QED) is 0.744. The van der Waals surface area contributed by atoms with Crippen LogP contribution >= 0.6 is 11.8 Å². The molecule has 3 heteroatoms. The van der Waals surface area contributed by atoms with E-state index in [1.807, 2.05) is 11.8 Å². The lowest BCUT2D eigenvalue weighted by molar-refractivity contribution is 0.371. The Kier molecular flexibility index (Phi) is 5.50. The maximum Gasteiger partial charge on any atom is 0.123 e. The first-order chi connectivity index (χ1) is 9.69. The first-order valence-electron chi connectivity index (χ1n) is 6.67. The maximum atomic E-state index is 5.43. The lowest BCUT2D eigenvalue weighted by atomic mass is 10.2. The Balaban J connectivity index is 2.08. The molecule has 0 spiro atoms. The van der Waals surface area contributed by atoms with E-state index in [9.17, 15) is 0 Å². The van der Waals surface area contributed by atoms with Gasteiger partial charge in [-0.25, -0.2) is 0 Å². The summed E-state index contributed by atoms with van der Waals surface area (Å²) in [4.78, 5) is 3.44. The van der Waals surface area contributed by atoms with E-state index in [1.54, 1.807) is 7.11 Å². The minimum atomic E-state index is 0.892. The molecule has 0 aromatic heterocycles. The molecule has 0 atom stereocenters. The van der Waals surface area contributed by atoms with Gasteiger partial charge >= 0.3 is 0 Å². The van der Waals surface area contributed by atoms with Crippen LogP contribution in [-0.2, 0) is 12.3 Å². The summed E-state index contributed by atoms with van der Waals surface area (Å²) in [6, 6.07) is 17.0. The van der Waals surface area contributed by atoms with Crippen LogP contribution in [0.1, 0.15) is 11.1 Å². The van der Waals surface area contributed by atoms with Crippen molar-refractivity contribution in [1.82, 2.24) is 4.90 Å². The Hall–Kier alpha value is -1.45. The zero-order chi connectivity index (χ0) is 14.4. The highest BCUT2D eigenvalue weighted by atomic mass is 32.2. The summed E-state index contributed by atoms with van der Waals surface area (Å²) in [5.41, 5.74) is 2.58. The normalized spacial score (nSPS) is 10.8. The molecule has 0 bridgehead atoms. The van der Waals surface area contributed by atoms with Gasteiger partial charge in [-0.15, -0.1) is 11.8 Å². The molecule has 20 heavy (non-hydrogen) atoms. The van der Waals surface area contributed by atoms with Crippen molar-refractivity contribution in [2.45, 2.75) is 17.2 Å². The average molecular weight is 287 g/mol. The molecule has 0 saturated heterocycles. The molecule has 0 aliphatic carbocycles. The smallest absolute Gasteiger partial charge is 0.123 e. The Morgan fingerprint density at radius 2 is 1.80 bits per heavy atom. The fraction of sp³-hybridized carbons (Fsp3) is 0.294. The lowest BCUT2D eigenvalue weighted by Crippen LogP contribution is -2.11. The first-order valence-corrected chi connectivity index (χ1v) is 7.66. The molecule has 0 saturated carbocycles. The van der Waals surface area contributed by atoms with E-state index in [1.165, 1.54) is 16.0 Å². The SMILES string of the molecule is COc1ccc(SCc2ccccc2)cc1CN(C)C. The first kappa shape index (κ1) is 14.9. The Bertz CT molecular complexity index is 540. The van der Waals surface area contributed by atoms with Crippen molar-refractivity contribution in [3.63, 3.8) is 0 Å². The number of nitrogens with zero attached hydrogens (tertiary/aromatic N) is 1. The monoisotopic (exact) mass is 287 g/mol. The van der Waals surface area contributed by atoms with E-state index >= 15 is 0 Å². The largest absolute Gasteiger partial charge is 0.496 e. The molecule has 0 amide bonds. The van der Waals surface area contributed by atoms with Crippen LogP contribution in [0.4, 0.5) is 0 Å². The molecule has 0 N–H and O–H groups in total. The van der Waals surface area contributed by atoms with E-state index in [-0.39, 0.29) is 0 Å². The van der Waals surface area contributed by atoms with Crippen LogP contribution in [0.3, 0.4) is 0 Å². The predicted octanol–water partition coefficient (Wildman–Crippen LogP) is 4.05. The summed E-state index contributed by atoms with van der Waals surface area (Å²) >= 11 is 1.86. The number of methoxy groups -OCH3 is 1. The molecule has 2 rings (SSSR count). The summed E-state index contributed by atoms with van der Waals surface area (Å²) in [6.45, 7) is 0.892. The number of ether oxygens (including phenoxy) is 1. The van der Waals surface area contributed by atoms with Crippen LogP contribution in [-0.4, -0.2) is 26.1 Å². The molecule has 2 aromatic carbocycles. The molecule has 0 radical (unpaired) electrons. The predicted molar refractivity (Wildman–Crippen MR) is 86.4 cm³/mol. The third-order valence-corrected chi connectivity index (χ3v) is 4.05. The summed E-state index contributed by atoms with van der Waals surface area (Å²) in [7, 11) is 5.87. The maximum absolute atomic E-state index is 5.43. The minimum Gasteiger partial charge on any atom is -0.496 e. The van der Waals surface area contributed by atoms with Crippen molar-refractivity contribution in [3.8, 4) is 5.75 Å². The molecular formula is C17H21NOS. The van der Waals surface area contributed by atoms with Crippen molar-refractivity contribution >= 4 is 11.8 Å². The van der Waals surface area contributed by atoms with Gasteiger partial charge in [-0.05, 0) is 37.9 Å². The Morgan fingerprint density at radius 1 is 1.05 bits per heavy atom. The third-order valence-electron chi connectivity index (χ3n) is 2.99. The Labute approximate surface area is 125 Å². The molecule has 0 unspecified atom stereocenters. The van der Waals surface area contributed by atoms with Gasteiger partial charge in [0, 0.05) is 22.8 Å². The van der Waals surface area contributed by atoms with Gasteiger partial charge < -0.3 is 9.64 Å². The standard InChI is InChI=1S/C17H21NOS/c1-18(2)12-15-11-16(9-10-17(15)19-3)20-13-14-7-5-4-6-8-14/h4-11H,12-13H2,1-3H3. The topological polar surface area (TPSA) is 12.5 Å². The number of rotatable bonds is 6. The average Bonchev–Trinajstić information content (AvgIpc) is 2.46. The summed E-state index contributed by atoms with van der Waals surface area (Å²) in [5, 5.41) is 0. The van der Waals surface area contributed by atoms with Crippen LogP contribution in [0, 0.1) is 0 Å².